The van der Waals surface area contributed by atoms with Crippen LogP contribution in [0, 0.1) is 13.8 Å². The summed E-state index contributed by atoms with van der Waals surface area (Å²) in [7, 11) is 1.62. The molecule has 2 aromatic rings. The van der Waals surface area contributed by atoms with E-state index in [-0.39, 0.29) is 12.3 Å². The molecule has 1 amide bonds. The molecule has 0 saturated carbocycles. The number of carbonyl (C=O) groups excluding carboxylic acids is 2. The third kappa shape index (κ3) is 6.44. The Hall–Kier alpha value is -2.82. The smallest absolute Gasteiger partial charge is 0.311 e. The Bertz CT molecular complexity index is 783. The molecule has 5 heteroatoms. The second kappa shape index (κ2) is 9.76. The van der Waals surface area contributed by atoms with Gasteiger partial charge in [0, 0.05) is 6.54 Å². The van der Waals surface area contributed by atoms with Crippen molar-refractivity contribution in [1.82, 2.24) is 5.32 Å². The SMILES string of the molecule is COc1ccc(CCNC(=O)[C@@H](C)OC(=O)Cc2ccc(C)c(C)c2)cc1. The number of nitrogens with one attached hydrogen (secondary N) is 1. The molecule has 0 aliphatic carbocycles. The van der Waals surface area contributed by atoms with E-state index in [0.717, 1.165) is 22.4 Å². The summed E-state index contributed by atoms with van der Waals surface area (Å²) in [5.41, 5.74) is 4.28. The zero-order chi connectivity index (χ0) is 19.8. The van der Waals surface area contributed by atoms with Gasteiger partial charge < -0.3 is 14.8 Å². The summed E-state index contributed by atoms with van der Waals surface area (Å²) in [5, 5.41) is 2.80. The van der Waals surface area contributed by atoms with Gasteiger partial charge in [0.15, 0.2) is 6.10 Å². The van der Waals surface area contributed by atoms with E-state index in [9.17, 15) is 9.59 Å². The molecule has 0 heterocycles. The van der Waals surface area contributed by atoms with E-state index in [0.29, 0.717) is 13.0 Å². The van der Waals surface area contributed by atoms with E-state index in [1.807, 2.05) is 56.3 Å². The predicted molar refractivity (Wildman–Crippen MR) is 105 cm³/mol. The minimum Gasteiger partial charge on any atom is -0.497 e. The maximum Gasteiger partial charge on any atom is 0.311 e. The molecule has 0 aromatic heterocycles. The molecule has 0 aliphatic heterocycles. The first kappa shape index (κ1) is 20.5. The minimum atomic E-state index is -0.820. The summed E-state index contributed by atoms with van der Waals surface area (Å²) in [6.45, 7) is 6.09. The van der Waals surface area contributed by atoms with Crippen LogP contribution in [-0.2, 0) is 27.2 Å². The van der Waals surface area contributed by atoms with Crippen LogP contribution in [0.5, 0.6) is 5.75 Å². The highest BCUT2D eigenvalue weighted by Gasteiger charge is 2.17. The monoisotopic (exact) mass is 369 g/mol. The molecule has 1 N–H and O–H groups in total. The van der Waals surface area contributed by atoms with Crippen molar-refractivity contribution in [1.29, 1.82) is 0 Å². The first-order valence-electron chi connectivity index (χ1n) is 9.05. The normalized spacial score (nSPS) is 11.6. The average molecular weight is 369 g/mol. The van der Waals surface area contributed by atoms with Crippen LogP contribution in [0.4, 0.5) is 0 Å². The van der Waals surface area contributed by atoms with Crippen LogP contribution in [0.15, 0.2) is 42.5 Å². The van der Waals surface area contributed by atoms with Crippen LogP contribution in [0.25, 0.3) is 0 Å². The number of amides is 1. The number of esters is 1. The van der Waals surface area contributed by atoms with Gasteiger partial charge >= 0.3 is 5.97 Å². The summed E-state index contributed by atoms with van der Waals surface area (Å²) in [6, 6.07) is 13.5. The van der Waals surface area contributed by atoms with E-state index in [2.05, 4.69) is 5.32 Å². The molecule has 27 heavy (non-hydrogen) atoms. The Morgan fingerprint density at radius 3 is 2.30 bits per heavy atom. The second-order valence-corrected chi connectivity index (χ2v) is 6.62. The molecule has 5 nitrogen and oxygen atoms in total. The van der Waals surface area contributed by atoms with Crippen molar-refractivity contribution in [2.45, 2.75) is 39.7 Å². The molecular weight excluding hydrogens is 342 g/mol. The third-order valence-corrected chi connectivity index (χ3v) is 4.47. The van der Waals surface area contributed by atoms with E-state index in [4.69, 9.17) is 9.47 Å². The van der Waals surface area contributed by atoms with Gasteiger partial charge in [0.2, 0.25) is 0 Å². The number of rotatable bonds is 8. The Morgan fingerprint density at radius 1 is 1.00 bits per heavy atom. The first-order valence-corrected chi connectivity index (χ1v) is 9.05. The molecule has 0 aliphatic rings. The highest BCUT2D eigenvalue weighted by Crippen LogP contribution is 2.12. The summed E-state index contributed by atoms with van der Waals surface area (Å²) < 4.78 is 10.4. The summed E-state index contributed by atoms with van der Waals surface area (Å²) in [4.78, 5) is 24.2. The van der Waals surface area contributed by atoms with E-state index in [1.165, 1.54) is 5.56 Å². The van der Waals surface area contributed by atoms with Crippen LogP contribution in [-0.4, -0.2) is 31.6 Å². The van der Waals surface area contributed by atoms with Gasteiger partial charge in [-0.1, -0.05) is 30.3 Å². The van der Waals surface area contributed by atoms with Crippen LogP contribution >= 0.6 is 0 Å². The van der Waals surface area contributed by atoms with Crippen LogP contribution in [0.3, 0.4) is 0 Å². The fraction of sp³-hybridized carbons (Fsp3) is 0.364. The number of methoxy groups -OCH3 is 1. The quantitative estimate of drug-likeness (QED) is 0.726. The minimum absolute atomic E-state index is 0.157. The summed E-state index contributed by atoms with van der Waals surface area (Å²) in [6.07, 6.45) is 0.0313. The highest BCUT2D eigenvalue weighted by molar-refractivity contribution is 5.83. The number of carbonyl (C=O) groups is 2. The van der Waals surface area contributed by atoms with Gasteiger partial charge in [-0.15, -0.1) is 0 Å². The van der Waals surface area contributed by atoms with Crippen molar-refractivity contribution in [3.8, 4) is 5.75 Å². The zero-order valence-corrected chi connectivity index (χ0v) is 16.4. The van der Waals surface area contributed by atoms with Crippen molar-refractivity contribution in [3.05, 3.63) is 64.7 Å². The highest BCUT2D eigenvalue weighted by atomic mass is 16.5. The Kier molecular flexibility index (Phi) is 7.41. The molecule has 0 fully saturated rings. The number of ether oxygens (including phenoxy) is 2. The zero-order valence-electron chi connectivity index (χ0n) is 16.4. The molecule has 2 rings (SSSR count). The molecule has 0 bridgehead atoms. The number of benzene rings is 2. The van der Waals surface area contributed by atoms with Gasteiger partial charge in [-0.2, -0.15) is 0 Å². The van der Waals surface area contributed by atoms with Crippen molar-refractivity contribution in [3.63, 3.8) is 0 Å². The molecule has 1 atom stereocenters. The van der Waals surface area contributed by atoms with E-state index >= 15 is 0 Å². The molecule has 0 spiro atoms. The topological polar surface area (TPSA) is 64.6 Å². The lowest BCUT2D eigenvalue weighted by molar-refractivity contribution is -0.154. The lowest BCUT2D eigenvalue weighted by Crippen LogP contribution is -2.37. The van der Waals surface area contributed by atoms with Crippen LogP contribution < -0.4 is 10.1 Å². The van der Waals surface area contributed by atoms with Crippen molar-refractivity contribution in [2.24, 2.45) is 0 Å². The van der Waals surface area contributed by atoms with E-state index in [1.54, 1.807) is 14.0 Å². The van der Waals surface area contributed by atoms with Gasteiger partial charge in [0.1, 0.15) is 5.75 Å². The number of hydrogen-bond donors (Lipinski definition) is 1. The van der Waals surface area contributed by atoms with Crippen molar-refractivity contribution < 1.29 is 19.1 Å². The van der Waals surface area contributed by atoms with Gasteiger partial charge in [-0.3, -0.25) is 9.59 Å². The van der Waals surface area contributed by atoms with E-state index < -0.39 is 12.1 Å². The van der Waals surface area contributed by atoms with Crippen LogP contribution in [0.1, 0.15) is 29.2 Å². The standard InChI is InChI=1S/C22H27NO4/c1-15-5-6-19(13-16(15)2)14-21(24)27-17(3)22(25)23-12-11-18-7-9-20(26-4)10-8-18/h5-10,13,17H,11-12,14H2,1-4H3,(H,23,25)/t17-/m1/s1. The first-order chi connectivity index (χ1) is 12.9. The largest absolute Gasteiger partial charge is 0.497 e. The lowest BCUT2D eigenvalue weighted by Gasteiger charge is -2.14. The lowest BCUT2D eigenvalue weighted by atomic mass is 10.0. The average Bonchev–Trinajstić information content (AvgIpc) is 2.65. The predicted octanol–water partition coefficient (Wildman–Crippen LogP) is 3.15. The third-order valence-electron chi connectivity index (χ3n) is 4.47. The second-order valence-electron chi connectivity index (χ2n) is 6.62. The maximum atomic E-state index is 12.1. The molecule has 144 valence electrons. The van der Waals surface area contributed by atoms with Crippen molar-refractivity contribution in [2.75, 3.05) is 13.7 Å². The molecule has 0 unspecified atom stereocenters. The maximum absolute atomic E-state index is 12.1. The summed E-state index contributed by atoms with van der Waals surface area (Å²) >= 11 is 0. The van der Waals surface area contributed by atoms with Gasteiger partial charge in [0.05, 0.1) is 13.5 Å². The van der Waals surface area contributed by atoms with Crippen molar-refractivity contribution >= 4 is 11.9 Å². The molecule has 2 aromatic carbocycles. The molecule has 0 radical (unpaired) electrons. The number of aryl methyl sites for hydroxylation is 2. The van der Waals surface area contributed by atoms with Crippen LogP contribution in [0.2, 0.25) is 0 Å². The Labute approximate surface area is 160 Å². The summed E-state index contributed by atoms with van der Waals surface area (Å²) in [5.74, 6) is 0.0973. The number of hydrogen-bond acceptors (Lipinski definition) is 4. The fourth-order valence-corrected chi connectivity index (χ4v) is 2.64. The molecule has 0 saturated heterocycles. The Morgan fingerprint density at radius 2 is 1.67 bits per heavy atom. The fourth-order valence-electron chi connectivity index (χ4n) is 2.64. The Balaban J connectivity index is 1.75. The van der Waals surface area contributed by atoms with Gasteiger partial charge in [-0.25, -0.2) is 0 Å². The van der Waals surface area contributed by atoms with Gasteiger partial charge in [0.25, 0.3) is 5.91 Å². The van der Waals surface area contributed by atoms with Gasteiger partial charge in [-0.05, 0) is 61.6 Å². The molecular formula is C22H27NO4.